The zero-order valence-electron chi connectivity index (χ0n) is 25.1. The molecular weight excluding hydrogens is 598 g/mol. The minimum atomic E-state index is -0.303. The lowest BCUT2D eigenvalue weighted by atomic mass is 10.1. The molecule has 0 fully saturated rings. The quantitative estimate of drug-likeness (QED) is 0.122. The van der Waals surface area contributed by atoms with Crippen LogP contribution in [0.15, 0.2) is 54.0 Å². The van der Waals surface area contributed by atoms with Crippen LogP contribution >= 0.6 is 11.3 Å². The van der Waals surface area contributed by atoms with E-state index in [1.54, 1.807) is 24.5 Å². The van der Waals surface area contributed by atoms with Crippen LogP contribution in [0.25, 0.3) is 0 Å². The van der Waals surface area contributed by atoms with Gasteiger partial charge in [-0.15, -0.1) is 0 Å². The maximum absolute atomic E-state index is 12.6. The Bertz CT molecular complexity index is 1140. The average molecular weight is 647 g/mol. The minimum absolute atomic E-state index is 0. The molecule has 0 atom stereocenters. The number of halogens is 1. The molecule has 0 saturated carbocycles. The fourth-order valence-corrected chi connectivity index (χ4v) is 5.38. The van der Waals surface area contributed by atoms with E-state index in [9.17, 15) is 4.79 Å². The van der Waals surface area contributed by atoms with Crippen molar-refractivity contribution in [3.63, 3.8) is 0 Å². The van der Waals surface area contributed by atoms with Gasteiger partial charge in [-0.3, -0.25) is 0 Å². The number of carbonyl (C=O) groups is 1. The minimum Gasteiger partial charge on any atom is -1.00 e. The molecule has 0 aliphatic heterocycles. The van der Waals surface area contributed by atoms with E-state index in [4.69, 9.17) is 9.47 Å². The van der Waals surface area contributed by atoms with Crippen LogP contribution in [0.5, 0.6) is 11.5 Å². The van der Waals surface area contributed by atoms with Crippen molar-refractivity contribution < 1.29 is 35.8 Å². The number of methoxy groups -OCH3 is 1. The van der Waals surface area contributed by atoms with Gasteiger partial charge in [0.15, 0.2) is 24.2 Å². The summed E-state index contributed by atoms with van der Waals surface area (Å²) in [5.41, 5.74) is 2.57. The Hall–Kier alpha value is -2.58. The topological polar surface area (TPSA) is 63.5 Å². The Morgan fingerprint density at radius 2 is 1.39 bits per heavy atom. The first-order valence-electron chi connectivity index (χ1n) is 15.0. The van der Waals surface area contributed by atoms with Crippen molar-refractivity contribution in [3.05, 3.63) is 64.6 Å². The van der Waals surface area contributed by atoms with E-state index in [1.165, 1.54) is 81.2 Å². The normalized spacial score (nSPS) is 10.6. The van der Waals surface area contributed by atoms with Crippen molar-refractivity contribution >= 4 is 28.7 Å². The number of thiazole rings is 1. The molecular formula is C33H48BrN3O3S. The maximum Gasteiger partial charge on any atom is 0.323 e. The third-order valence-electron chi connectivity index (χ3n) is 7.13. The van der Waals surface area contributed by atoms with Gasteiger partial charge in [0.05, 0.1) is 19.1 Å². The van der Waals surface area contributed by atoms with E-state index >= 15 is 0 Å². The molecule has 1 heterocycles. The SMILES string of the molecule is CCCCCCCCCCCCCCOc1ccc(NC(=O)Nc2ccc(C[n+]3ccsc3C)cc2)cc1OC.[Br-]. The monoisotopic (exact) mass is 645 g/mol. The van der Waals surface area contributed by atoms with E-state index in [1.807, 2.05) is 36.4 Å². The number of unbranched alkanes of at least 4 members (excludes halogenated alkanes) is 11. The van der Waals surface area contributed by atoms with Crippen LogP contribution in [0.2, 0.25) is 0 Å². The number of hydrogen-bond acceptors (Lipinski definition) is 4. The zero-order valence-corrected chi connectivity index (χ0v) is 27.5. The molecule has 2 amide bonds. The number of amides is 2. The second-order valence-electron chi connectivity index (χ2n) is 10.4. The van der Waals surface area contributed by atoms with Gasteiger partial charge in [-0.1, -0.05) is 101 Å². The number of ether oxygens (including phenoxy) is 2. The molecule has 3 aromatic rings. The van der Waals surface area contributed by atoms with E-state index in [0.717, 1.165) is 18.7 Å². The highest BCUT2D eigenvalue weighted by atomic mass is 79.9. The van der Waals surface area contributed by atoms with Crippen molar-refractivity contribution in [2.45, 2.75) is 97.4 Å². The zero-order chi connectivity index (χ0) is 28.4. The number of nitrogens with one attached hydrogen (secondary N) is 2. The molecule has 0 aliphatic rings. The highest BCUT2D eigenvalue weighted by Crippen LogP contribution is 2.30. The summed E-state index contributed by atoms with van der Waals surface area (Å²) in [5, 5.41) is 9.12. The van der Waals surface area contributed by atoms with Gasteiger partial charge in [-0.25, -0.2) is 4.79 Å². The smallest absolute Gasteiger partial charge is 0.323 e. The molecule has 3 rings (SSSR count). The Labute approximate surface area is 261 Å². The van der Waals surface area contributed by atoms with Crippen molar-refractivity contribution in [1.29, 1.82) is 0 Å². The molecule has 0 aliphatic carbocycles. The van der Waals surface area contributed by atoms with E-state index in [2.05, 4.69) is 40.6 Å². The van der Waals surface area contributed by atoms with Crippen molar-refractivity contribution in [1.82, 2.24) is 0 Å². The number of aryl methyl sites for hydroxylation is 1. The fraction of sp³-hybridized carbons (Fsp3) is 0.515. The molecule has 2 N–H and O–H groups in total. The lowest BCUT2D eigenvalue weighted by molar-refractivity contribution is -0.689. The van der Waals surface area contributed by atoms with Gasteiger partial charge in [0, 0.05) is 29.9 Å². The second-order valence-corrected chi connectivity index (χ2v) is 11.5. The average Bonchev–Trinajstić information content (AvgIpc) is 3.36. The van der Waals surface area contributed by atoms with E-state index in [0.29, 0.717) is 23.8 Å². The van der Waals surface area contributed by atoms with Crippen molar-refractivity contribution in [2.24, 2.45) is 0 Å². The highest BCUT2D eigenvalue weighted by Gasteiger charge is 2.11. The van der Waals surface area contributed by atoms with Gasteiger partial charge in [0.2, 0.25) is 5.01 Å². The second kappa shape index (κ2) is 20.3. The molecule has 0 saturated heterocycles. The molecule has 0 spiro atoms. The van der Waals surface area contributed by atoms with Crippen LogP contribution in [0.4, 0.5) is 16.2 Å². The highest BCUT2D eigenvalue weighted by molar-refractivity contribution is 7.09. The number of benzene rings is 2. The lowest BCUT2D eigenvalue weighted by Gasteiger charge is -2.13. The van der Waals surface area contributed by atoms with Gasteiger partial charge < -0.3 is 37.1 Å². The van der Waals surface area contributed by atoms with Crippen molar-refractivity contribution in [3.8, 4) is 11.5 Å². The van der Waals surface area contributed by atoms with Gasteiger partial charge in [0.25, 0.3) is 0 Å². The molecule has 2 aromatic carbocycles. The van der Waals surface area contributed by atoms with Crippen LogP contribution < -0.4 is 41.7 Å². The van der Waals surface area contributed by atoms with Gasteiger partial charge >= 0.3 is 6.03 Å². The Balaban J connectivity index is 0.00000588. The fourth-order valence-electron chi connectivity index (χ4n) is 4.71. The Kier molecular flexibility index (Phi) is 17.2. The van der Waals surface area contributed by atoms with E-state index in [-0.39, 0.29) is 23.0 Å². The van der Waals surface area contributed by atoms with Crippen LogP contribution in [0, 0.1) is 6.92 Å². The van der Waals surface area contributed by atoms with Crippen LogP contribution in [-0.2, 0) is 6.54 Å². The first-order valence-corrected chi connectivity index (χ1v) is 15.9. The molecule has 6 nitrogen and oxygen atoms in total. The summed E-state index contributed by atoms with van der Waals surface area (Å²) in [6.07, 6.45) is 17.9. The number of carbonyl (C=O) groups excluding carboxylic acids is 1. The molecule has 1 aromatic heterocycles. The number of anilines is 2. The third kappa shape index (κ3) is 13.3. The summed E-state index contributed by atoms with van der Waals surface area (Å²) in [5.74, 6) is 1.31. The maximum atomic E-state index is 12.6. The summed E-state index contributed by atoms with van der Waals surface area (Å²) >= 11 is 1.73. The standard InChI is InChI=1S/C33H47N3O3S.BrH/c1-4-5-6-7-8-9-10-11-12-13-14-15-23-39-31-21-20-30(25-32(31)38-3)35-33(37)34-29-18-16-28(17-19-29)26-36-22-24-40-27(36)2;/h16-22,24-25H,4-15,23,26H2,1-3H3,(H-,34,35,37);1H. The molecule has 0 bridgehead atoms. The number of nitrogens with zero attached hydrogens (tertiary/aromatic N) is 1. The summed E-state index contributed by atoms with van der Waals surface area (Å²) in [7, 11) is 1.62. The lowest BCUT2D eigenvalue weighted by Crippen LogP contribution is -3.00. The van der Waals surface area contributed by atoms with Gasteiger partial charge in [-0.2, -0.15) is 4.57 Å². The van der Waals surface area contributed by atoms with Crippen LogP contribution in [0.1, 0.15) is 94.5 Å². The Morgan fingerprint density at radius 3 is 1.98 bits per heavy atom. The largest absolute Gasteiger partial charge is 1.00 e. The summed E-state index contributed by atoms with van der Waals surface area (Å²) in [6.45, 7) is 5.86. The summed E-state index contributed by atoms with van der Waals surface area (Å²) in [4.78, 5) is 12.6. The first kappa shape index (κ1) is 34.6. The number of rotatable bonds is 19. The summed E-state index contributed by atoms with van der Waals surface area (Å²) in [6, 6.07) is 13.1. The molecule has 8 heteroatoms. The molecule has 0 radical (unpaired) electrons. The van der Waals surface area contributed by atoms with Gasteiger partial charge in [0.1, 0.15) is 0 Å². The molecule has 0 unspecified atom stereocenters. The van der Waals surface area contributed by atoms with Crippen LogP contribution in [-0.4, -0.2) is 19.7 Å². The summed E-state index contributed by atoms with van der Waals surface area (Å²) < 4.78 is 13.7. The number of hydrogen-bond donors (Lipinski definition) is 2. The Morgan fingerprint density at radius 1 is 0.805 bits per heavy atom. The third-order valence-corrected chi connectivity index (χ3v) is 7.96. The predicted octanol–water partition coefficient (Wildman–Crippen LogP) is 6.13. The first-order chi connectivity index (χ1) is 19.6. The van der Waals surface area contributed by atoms with Crippen LogP contribution in [0.3, 0.4) is 0 Å². The number of urea groups is 1. The van der Waals surface area contributed by atoms with E-state index < -0.39 is 0 Å². The molecule has 226 valence electrons. The molecule has 41 heavy (non-hydrogen) atoms. The predicted molar refractivity (Wildman–Crippen MR) is 167 cm³/mol. The number of aromatic nitrogens is 1. The van der Waals surface area contributed by atoms with Crippen molar-refractivity contribution in [2.75, 3.05) is 24.4 Å². The van der Waals surface area contributed by atoms with Gasteiger partial charge in [-0.05, 0) is 30.7 Å².